The molecule has 2 atom stereocenters. The zero-order chi connectivity index (χ0) is 23.2. The van der Waals surface area contributed by atoms with E-state index in [0.29, 0.717) is 12.5 Å². The molecule has 1 aliphatic heterocycles. The lowest BCUT2D eigenvalue weighted by Crippen LogP contribution is -2.31. The van der Waals surface area contributed by atoms with Gasteiger partial charge in [0.05, 0.1) is 5.92 Å². The second-order valence-electron chi connectivity index (χ2n) is 9.70. The van der Waals surface area contributed by atoms with Crippen molar-refractivity contribution in [3.8, 4) is 11.1 Å². The molecular weight excluding hydrogens is 426 g/mol. The van der Waals surface area contributed by atoms with Gasteiger partial charge in [-0.15, -0.1) is 0 Å². The maximum absolute atomic E-state index is 13.0. The van der Waals surface area contributed by atoms with Crippen LogP contribution in [0.2, 0.25) is 0 Å². The number of hydrogen-bond donors (Lipinski definition) is 1. The molecule has 1 heterocycles. The number of likely N-dealkylation sites (tertiary alicyclic amines) is 1. The molecule has 3 aliphatic rings. The summed E-state index contributed by atoms with van der Waals surface area (Å²) in [7, 11) is 0. The van der Waals surface area contributed by atoms with Crippen LogP contribution in [-0.2, 0) is 9.53 Å². The van der Waals surface area contributed by atoms with Crippen molar-refractivity contribution in [3.63, 3.8) is 0 Å². The third-order valence-electron chi connectivity index (χ3n) is 7.64. The number of rotatable bonds is 5. The van der Waals surface area contributed by atoms with Crippen LogP contribution in [0.5, 0.6) is 0 Å². The first kappa shape index (κ1) is 21.0. The predicted octanol–water partition coefficient (Wildman–Crippen LogP) is 5.61. The molecular formula is C29H27NO4. The molecule has 172 valence electrons. The highest BCUT2D eigenvalue weighted by Crippen LogP contribution is 2.45. The Morgan fingerprint density at radius 3 is 2.00 bits per heavy atom. The molecule has 2 unspecified atom stereocenters. The van der Waals surface area contributed by atoms with Gasteiger partial charge in [0.2, 0.25) is 0 Å². The molecule has 5 heteroatoms. The number of benzene rings is 3. The van der Waals surface area contributed by atoms with E-state index in [4.69, 9.17) is 4.74 Å². The third-order valence-corrected chi connectivity index (χ3v) is 7.64. The average molecular weight is 454 g/mol. The topological polar surface area (TPSA) is 66.8 Å². The molecule has 2 fully saturated rings. The Labute approximate surface area is 199 Å². The van der Waals surface area contributed by atoms with E-state index in [-0.39, 0.29) is 25.0 Å². The Morgan fingerprint density at radius 1 is 0.824 bits per heavy atom. The number of carbonyl (C=O) groups is 2. The van der Waals surface area contributed by atoms with Gasteiger partial charge < -0.3 is 14.7 Å². The molecule has 5 nitrogen and oxygen atoms in total. The Bertz CT molecular complexity index is 1200. The standard InChI is InChI=1S/C29H27NO4/c31-28(32)26-16-30(15-25(26)20-13-11-19(12-14-20)18-9-10-18)29(33)34-17-27-23-7-3-1-5-21(23)22-6-2-4-8-24(22)27/h1-8,11-14,18,25-27H,9-10,15-17H2,(H,31,32). The van der Waals surface area contributed by atoms with Crippen molar-refractivity contribution in [3.05, 3.63) is 95.1 Å². The van der Waals surface area contributed by atoms with Gasteiger partial charge >= 0.3 is 12.1 Å². The van der Waals surface area contributed by atoms with Crippen molar-refractivity contribution in [1.29, 1.82) is 0 Å². The summed E-state index contributed by atoms with van der Waals surface area (Å²) in [5, 5.41) is 9.84. The van der Waals surface area contributed by atoms with Gasteiger partial charge in [0, 0.05) is 24.9 Å². The van der Waals surface area contributed by atoms with Crippen molar-refractivity contribution < 1.29 is 19.4 Å². The summed E-state index contributed by atoms with van der Waals surface area (Å²) in [5.74, 6) is -1.09. The van der Waals surface area contributed by atoms with Crippen molar-refractivity contribution in [1.82, 2.24) is 4.90 Å². The van der Waals surface area contributed by atoms with Gasteiger partial charge in [0.25, 0.3) is 0 Å². The summed E-state index contributed by atoms with van der Waals surface area (Å²) in [5.41, 5.74) is 6.99. The highest BCUT2D eigenvalue weighted by molar-refractivity contribution is 5.79. The Kier molecular flexibility index (Phi) is 5.13. The number of amides is 1. The van der Waals surface area contributed by atoms with Crippen molar-refractivity contribution in [2.45, 2.75) is 30.6 Å². The molecule has 1 amide bonds. The van der Waals surface area contributed by atoms with Crippen molar-refractivity contribution in [2.24, 2.45) is 5.92 Å². The average Bonchev–Trinajstić information content (AvgIpc) is 3.53. The number of fused-ring (bicyclic) bond motifs is 3. The van der Waals surface area contributed by atoms with E-state index in [9.17, 15) is 14.7 Å². The second-order valence-corrected chi connectivity index (χ2v) is 9.70. The van der Waals surface area contributed by atoms with Crippen LogP contribution in [0.1, 0.15) is 52.8 Å². The minimum Gasteiger partial charge on any atom is -0.481 e. The summed E-state index contributed by atoms with van der Waals surface area (Å²) in [6.07, 6.45) is 2.02. The largest absolute Gasteiger partial charge is 0.481 e. The normalized spacial score (nSPS) is 21.2. The lowest BCUT2D eigenvalue weighted by atomic mass is 9.88. The van der Waals surface area contributed by atoms with Gasteiger partial charge in [-0.05, 0) is 52.1 Å². The Hall–Kier alpha value is -3.60. The summed E-state index contributed by atoms with van der Waals surface area (Å²) >= 11 is 0. The zero-order valence-corrected chi connectivity index (χ0v) is 18.9. The predicted molar refractivity (Wildman–Crippen MR) is 129 cm³/mol. The zero-order valence-electron chi connectivity index (χ0n) is 18.9. The molecule has 1 saturated carbocycles. The fourth-order valence-corrected chi connectivity index (χ4v) is 5.66. The van der Waals surface area contributed by atoms with E-state index in [1.54, 1.807) is 4.90 Å². The van der Waals surface area contributed by atoms with E-state index in [1.807, 2.05) is 36.4 Å². The molecule has 0 spiro atoms. The highest BCUT2D eigenvalue weighted by atomic mass is 16.6. The SMILES string of the molecule is O=C(O)C1CN(C(=O)OCC2c3ccccc3-c3ccccc32)CC1c1ccc(C2CC2)cc1. The first-order valence-corrected chi connectivity index (χ1v) is 12.0. The van der Waals surface area contributed by atoms with E-state index in [1.165, 1.54) is 29.5 Å². The fourth-order valence-electron chi connectivity index (χ4n) is 5.66. The van der Waals surface area contributed by atoms with Crippen LogP contribution in [0.4, 0.5) is 4.79 Å². The summed E-state index contributed by atoms with van der Waals surface area (Å²) in [4.78, 5) is 26.6. The van der Waals surface area contributed by atoms with E-state index in [2.05, 4.69) is 36.4 Å². The van der Waals surface area contributed by atoms with Crippen LogP contribution in [-0.4, -0.2) is 41.8 Å². The van der Waals surface area contributed by atoms with Crippen LogP contribution in [0, 0.1) is 5.92 Å². The number of ether oxygens (including phenoxy) is 1. The van der Waals surface area contributed by atoms with Crippen LogP contribution in [0.15, 0.2) is 72.8 Å². The van der Waals surface area contributed by atoms with Crippen molar-refractivity contribution in [2.75, 3.05) is 19.7 Å². The van der Waals surface area contributed by atoms with Gasteiger partial charge in [-0.1, -0.05) is 72.8 Å². The first-order valence-electron chi connectivity index (χ1n) is 12.0. The third kappa shape index (κ3) is 3.65. The summed E-state index contributed by atoms with van der Waals surface area (Å²) < 4.78 is 5.79. The first-order chi connectivity index (χ1) is 16.6. The minimum absolute atomic E-state index is 0.0139. The Morgan fingerprint density at radius 2 is 1.41 bits per heavy atom. The molecule has 2 aliphatic carbocycles. The molecule has 0 radical (unpaired) electrons. The molecule has 34 heavy (non-hydrogen) atoms. The van der Waals surface area contributed by atoms with E-state index >= 15 is 0 Å². The van der Waals surface area contributed by atoms with E-state index < -0.39 is 18.0 Å². The number of carboxylic acid groups (broad SMARTS) is 1. The molecule has 0 aromatic heterocycles. The maximum atomic E-state index is 13.0. The smallest absolute Gasteiger partial charge is 0.409 e. The number of hydrogen-bond acceptors (Lipinski definition) is 3. The molecule has 3 aromatic rings. The van der Waals surface area contributed by atoms with Gasteiger partial charge in [0.15, 0.2) is 0 Å². The molecule has 0 bridgehead atoms. The number of nitrogens with zero attached hydrogens (tertiary/aromatic N) is 1. The van der Waals surface area contributed by atoms with E-state index in [0.717, 1.165) is 16.7 Å². The van der Waals surface area contributed by atoms with Crippen LogP contribution in [0.25, 0.3) is 11.1 Å². The van der Waals surface area contributed by atoms with Gasteiger partial charge in [-0.3, -0.25) is 4.79 Å². The highest BCUT2D eigenvalue weighted by Gasteiger charge is 2.41. The summed E-state index contributed by atoms with van der Waals surface area (Å²) in [6.45, 7) is 0.763. The number of carboxylic acids is 1. The molecule has 6 rings (SSSR count). The molecule has 3 aromatic carbocycles. The number of carbonyl (C=O) groups excluding carboxylic acids is 1. The summed E-state index contributed by atoms with van der Waals surface area (Å²) in [6, 6.07) is 24.8. The van der Waals surface area contributed by atoms with Crippen LogP contribution < -0.4 is 0 Å². The lowest BCUT2D eigenvalue weighted by molar-refractivity contribution is -0.141. The quantitative estimate of drug-likeness (QED) is 0.545. The van der Waals surface area contributed by atoms with Gasteiger partial charge in [-0.25, -0.2) is 4.79 Å². The second kappa shape index (κ2) is 8.32. The molecule has 1 N–H and O–H groups in total. The lowest BCUT2D eigenvalue weighted by Gasteiger charge is -2.19. The maximum Gasteiger partial charge on any atom is 0.409 e. The van der Waals surface area contributed by atoms with Gasteiger partial charge in [0.1, 0.15) is 6.61 Å². The van der Waals surface area contributed by atoms with Crippen molar-refractivity contribution >= 4 is 12.1 Å². The Balaban J connectivity index is 1.17. The van der Waals surface area contributed by atoms with Crippen LogP contribution >= 0.6 is 0 Å². The fraction of sp³-hybridized carbons (Fsp3) is 0.310. The molecule has 1 saturated heterocycles. The number of aliphatic carboxylic acids is 1. The monoisotopic (exact) mass is 453 g/mol. The van der Waals surface area contributed by atoms with Crippen LogP contribution in [0.3, 0.4) is 0 Å². The van der Waals surface area contributed by atoms with Gasteiger partial charge in [-0.2, -0.15) is 0 Å². The minimum atomic E-state index is -0.870.